The van der Waals surface area contributed by atoms with Gasteiger partial charge in [-0.05, 0) is 24.1 Å². The second-order valence-electron chi connectivity index (χ2n) is 5.04. The van der Waals surface area contributed by atoms with Crippen LogP contribution in [0.4, 0.5) is 11.8 Å². The van der Waals surface area contributed by atoms with Crippen molar-refractivity contribution < 1.29 is 9.47 Å². The van der Waals surface area contributed by atoms with E-state index in [1.165, 1.54) is 5.56 Å². The first-order valence-electron chi connectivity index (χ1n) is 6.86. The van der Waals surface area contributed by atoms with Crippen molar-refractivity contribution >= 4 is 11.8 Å². The van der Waals surface area contributed by atoms with E-state index >= 15 is 0 Å². The van der Waals surface area contributed by atoms with E-state index in [1.807, 2.05) is 12.1 Å². The maximum atomic E-state index is 5.81. The summed E-state index contributed by atoms with van der Waals surface area (Å²) >= 11 is 0. The Balaban J connectivity index is 1.61. The Morgan fingerprint density at radius 1 is 1.43 bits per heavy atom. The van der Waals surface area contributed by atoms with Crippen molar-refractivity contribution in [2.45, 2.75) is 6.42 Å². The number of hydrogen-bond donors (Lipinski definition) is 2. The predicted octanol–water partition coefficient (Wildman–Crippen LogP) is 1.73. The zero-order chi connectivity index (χ0) is 14.7. The van der Waals surface area contributed by atoms with Gasteiger partial charge in [-0.2, -0.15) is 4.98 Å². The van der Waals surface area contributed by atoms with Gasteiger partial charge >= 0.3 is 0 Å². The molecule has 1 aromatic heterocycles. The topological polar surface area (TPSA) is 82.3 Å². The van der Waals surface area contributed by atoms with Gasteiger partial charge in [0.05, 0.1) is 13.7 Å². The molecule has 0 bridgehead atoms. The molecule has 2 heterocycles. The van der Waals surface area contributed by atoms with Crippen molar-refractivity contribution in [3.05, 3.63) is 36.0 Å². The van der Waals surface area contributed by atoms with Crippen LogP contribution in [0, 0.1) is 5.92 Å². The lowest BCUT2D eigenvalue weighted by atomic mass is 9.96. The fourth-order valence-corrected chi connectivity index (χ4v) is 2.37. The largest absolute Gasteiger partial charge is 0.497 e. The van der Waals surface area contributed by atoms with Gasteiger partial charge in [-0.25, -0.2) is 4.98 Å². The van der Waals surface area contributed by atoms with Crippen LogP contribution in [-0.4, -0.2) is 30.2 Å². The number of fused-ring (bicyclic) bond motifs is 1. The molecule has 110 valence electrons. The highest BCUT2D eigenvalue weighted by Gasteiger charge is 2.20. The number of nitrogens with one attached hydrogen (secondary N) is 1. The highest BCUT2D eigenvalue weighted by Crippen LogP contribution is 2.30. The summed E-state index contributed by atoms with van der Waals surface area (Å²) < 4.78 is 11.0. The lowest BCUT2D eigenvalue weighted by Gasteiger charge is -2.25. The van der Waals surface area contributed by atoms with Crippen molar-refractivity contribution in [2.24, 2.45) is 5.92 Å². The predicted molar refractivity (Wildman–Crippen MR) is 80.6 cm³/mol. The van der Waals surface area contributed by atoms with Gasteiger partial charge in [-0.1, -0.05) is 6.07 Å². The van der Waals surface area contributed by atoms with Crippen LogP contribution in [0.25, 0.3) is 0 Å². The maximum Gasteiger partial charge on any atom is 0.224 e. The number of hydrogen-bond acceptors (Lipinski definition) is 6. The van der Waals surface area contributed by atoms with Gasteiger partial charge in [0, 0.05) is 24.7 Å². The number of nitrogens with zero attached hydrogens (tertiary/aromatic N) is 2. The fourth-order valence-electron chi connectivity index (χ4n) is 2.37. The first kappa shape index (κ1) is 13.5. The molecule has 0 saturated heterocycles. The molecule has 6 nitrogen and oxygen atoms in total. The Kier molecular flexibility index (Phi) is 3.77. The molecule has 0 aliphatic carbocycles. The summed E-state index contributed by atoms with van der Waals surface area (Å²) in [5, 5.41) is 3.20. The molecule has 3 N–H and O–H groups in total. The second-order valence-corrected chi connectivity index (χ2v) is 5.04. The van der Waals surface area contributed by atoms with Crippen LogP contribution in [0.3, 0.4) is 0 Å². The molecule has 2 aromatic rings. The zero-order valence-corrected chi connectivity index (χ0v) is 11.9. The van der Waals surface area contributed by atoms with E-state index in [-0.39, 0.29) is 0 Å². The number of benzene rings is 1. The third kappa shape index (κ3) is 3.16. The standard InChI is InChI=1S/C15H18N4O2/c1-20-12-3-2-11-6-10(9-21-13(11)7-12)8-18-15-17-5-4-14(16)19-15/h2-5,7,10H,6,8-9H2,1H3,(H3,16,17,18,19). The maximum absolute atomic E-state index is 5.81. The summed E-state index contributed by atoms with van der Waals surface area (Å²) in [6.45, 7) is 1.41. The minimum Gasteiger partial charge on any atom is -0.497 e. The molecule has 0 radical (unpaired) electrons. The van der Waals surface area contributed by atoms with E-state index in [4.69, 9.17) is 15.2 Å². The molecule has 3 rings (SSSR count). The normalized spacial score (nSPS) is 16.7. The van der Waals surface area contributed by atoms with Gasteiger partial charge in [0.15, 0.2) is 0 Å². The summed E-state index contributed by atoms with van der Waals surface area (Å²) in [5.41, 5.74) is 6.83. The summed E-state index contributed by atoms with van der Waals surface area (Å²) in [6, 6.07) is 7.61. The van der Waals surface area contributed by atoms with E-state index in [0.717, 1.165) is 24.5 Å². The van der Waals surface area contributed by atoms with Crippen LogP contribution in [0.2, 0.25) is 0 Å². The average Bonchev–Trinajstić information content (AvgIpc) is 2.52. The summed E-state index contributed by atoms with van der Waals surface area (Å²) in [6.07, 6.45) is 2.60. The minimum absolute atomic E-state index is 0.371. The van der Waals surface area contributed by atoms with Gasteiger partial charge in [-0.15, -0.1) is 0 Å². The Morgan fingerprint density at radius 3 is 3.14 bits per heavy atom. The van der Waals surface area contributed by atoms with Gasteiger partial charge in [0.1, 0.15) is 17.3 Å². The van der Waals surface area contributed by atoms with E-state index in [0.29, 0.717) is 24.3 Å². The molecule has 0 fully saturated rings. The first-order valence-corrected chi connectivity index (χ1v) is 6.86. The van der Waals surface area contributed by atoms with Crippen LogP contribution >= 0.6 is 0 Å². The highest BCUT2D eigenvalue weighted by atomic mass is 16.5. The highest BCUT2D eigenvalue weighted by molar-refractivity contribution is 5.42. The molecule has 1 aliphatic heterocycles. The Bertz CT molecular complexity index is 633. The minimum atomic E-state index is 0.371. The van der Waals surface area contributed by atoms with Gasteiger partial charge in [-0.3, -0.25) is 0 Å². The molecule has 1 unspecified atom stereocenters. The number of nitrogen functional groups attached to an aromatic ring is 1. The third-order valence-corrected chi connectivity index (χ3v) is 3.48. The third-order valence-electron chi connectivity index (χ3n) is 3.48. The average molecular weight is 286 g/mol. The quantitative estimate of drug-likeness (QED) is 0.890. The van der Waals surface area contributed by atoms with Gasteiger partial charge in [0.2, 0.25) is 5.95 Å². The molecular formula is C15H18N4O2. The summed E-state index contributed by atoms with van der Waals surface area (Å²) in [4.78, 5) is 8.25. The Hall–Kier alpha value is -2.50. The van der Waals surface area contributed by atoms with Crippen molar-refractivity contribution in [1.29, 1.82) is 0 Å². The van der Waals surface area contributed by atoms with E-state index in [1.54, 1.807) is 19.4 Å². The number of aromatic nitrogens is 2. The van der Waals surface area contributed by atoms with Crippen molar-refractivity contribution in [3.63, 3.8) is 0 Å². The molecule has 1 atom stereocenters. The van der Waals surface area contributed by atoms with Crippen molar-refractivity contribution in [3.8, 4) is 11.5 Å². The molecule has 1 aliphatic rings. The van der Waals surface area contributed by atoms with Crippen LogP contribution in [0.5, 0.6) is 11.5 Å². The summed E-state index contributed by atoms with van der Waals surface area (Å²) in [7, 11) is 1.66. The SMILES string of the molecule is COc1ccc2c(c1)OCC(CNc1nccc(N)n1)C2. The monoisotopic (exact) mass is 286 g/mol. The van der Waals surface area contributed by atoms with E-state index in [9.17, 15) is 0 Å². The molecule has 1 aromatic carbocycles. The van der Waals surface area contributed by atoms with E-state index < -0.39 is 0 Å². The van der Waals surface area contributed by atoms with Crippen LogP contribution < -0.4 is 20.5 Å². The van der Waals surface area contributed by atoms with Gasteiger partial charge < -0.3 is 20.5 Å². The first-order chi connectivity index (χ1) is 10.2. The summed E-state index contributed by atoms with van der Waals surface area (Å²) in [5.74, 6) is 3.11. The second kappa shape index (κ2) is 5.87. The molecule has 21 heavy (non-hydrogen) atoms. The molecule has 0 amide bonds. The van der Waals surface area contributed by atoms with Crippen molar-refractivity contribution in [1.82, 2.24) is 9.97 Å². The number of anilines is 2. The lowest BCUT2D eigenvalue weighted by molar-refractivity contribution is 0.228. The molecule has 0 spiro atoms. The number of ether oxygens (including phenoxy) is 2. The number of rotatable bonds is 4. The Labute approximate surface area is 123 Å². The smallest absolute Gasteiger partial charge is 0.224 e. The van der Waals surface area contributed by atoms with Crippen molar-refractivity contribution in [2.75, 3.05) is 31.3 Å². The molecule has 6 heteroatoms. The number of nitrogens with two attached hydrogens (primary N) is 1. The molecule has 0 saturated carbocycles. The fraction of sp³-hybridized carbons (Fsp3) is 0.333. The van der Waals surface area contributed by atoms with E-state index in [2.05, 4.69) is 21.4 Å². The molecular weight excluding hydrogens is 268 g/mol. The van der Waals surface area contributed by atoms with Crippen LogP contribution in [0.15, 0.2) is 30.5 Å². The van der Waals surface area contributed by atoms with Gasteiger partial charge in [0.25, 0.3) is 0 Å². The zero-order valence-electron chi connectivity index (χ0n) is 11.9. The van der Waals surface area contributed by atoms with Crippen LogP contribution in [-0.2, 0) is 6.42 Å². The number of methoxy groups -OCH3 is 1. The lowest BCUT2D eigenvalue weighted by Crippen LogP contribution is -2.27. The van der Waals surface area contributed by atoms with Crippen LogP contribution in [0.1, 0.15) is 5.56 Å². The Morgan fingerprint density at radius 2 is 2.33 bits per heavy atom.